The van der Waals surface area contributed by atoms with Gasteiger partial charge in [-0.2, -0.15) is 0 Å². The zero-order chi connectivity index (χ0) is 18.0. The van der Waals surface area contributed by atoms with Gasteiger partial charge in [-0.3, -0.25) is 4.79 Å². The highest BCUT2D eigenvalue weighted by Gasteiger charge is 2.18. The van der Waals surface area contributed by atoms with E-state index in [9.17, 15) is 9.18 Å². The molecule has 1 atom stereocenters. The SMILES string of the molecule is Cc1nc(C(=O)NC(C)c2ccc(F)cc2)nn1-c1ccc(Cl)cc1. The Morgan fingerprint density at radius 2 is 1.80 bits per heavy atom. The van der Waals surface area contributed by atoms with E-state index >= 15 is 0 Å². The van der Waals surface area contributed by atoms with Crippen LogP contribution in [0.25, 0.3) is 5.69 Å². The smallest absolute Gasteiger partial charge is 0.291 e. The lowest BCUT2D eigenvalue weighted by Gasteiger charge is -2.12. The van der Waals surface area contributed by atoms with Crippen LogP contribution in [0.2, 0.25) is 5.02 Å². The van der Waals surface area contributed by atoms with Crippen molar-refractivity contribution in [3.05, 3.63) is 76.6 Å². The van der Waals surface area contributed by atoms with Gasteiger partial charge < -0.3 is 5.32 Å². The topological polar surface area (TPSA) is 59.8 Å². The van der Waals surface area contributed by atoms with Gasteiger partial charge >= 0.3 is 0 Å². The van der Waals surface area contributed by atoms with Crippen molar-refractivity contribution in [3.8, 4) is 5.69 Å². The van der Waals surface area contributed by atoms with E-state index in [4.69, 9.17) is 11.6 Å². The molecule has 1 N–H and O–H groups in total. The summed E-state index contributed by atoms with van der Waals surface area (Å²) in [5, 5.41) is 7.69. The van der Waals surface area contributed by atoms with Crippen LogP contribution in [0.4, 0.5) is 4.39 Å². The number of hydrogen-bond acceptors (Lipinski definition) is 3. The fraction of sp³-hybridized carbons (Fsp3) is 0.167. The summed E-state index contributed by atoms with van der Waals surface area (Å²) in [5.41, 5.74) is 1.56. The molecule has 1 unspecified atom stereocenters. The van der Waals surface area contributed by atoms with Gasteiger partial charge in [-0.15, -0.1) is 5.10 Å². The highest BCUT2D eigenvalue weighted by atomic mass is 35.5. The summed E-state index contributed by atoms with van der Waals surface area (Å²) in [5.74, 6) is -0.0581. The Bertz CT molecular complexity index is 890. The molecule has 3 rings (SSSR count). The van der Waals surface area contributed by atoms with E-state index in [0.29, 0.717) is 10.8 Å². The van der Waals surface area contributed by atoms with Gasteiger partial charge in [0.05, 0.1) is 11.7 Å². The van der Waals surface area contributed by atoms with Gasteiger partial charge in [0, 0.05) is 5.02 Å². The molecule has 1 aromatic heterocycles. The van der Waals surface area contributed by atoms with Gasteiger partial charge in [0.1, 0.15) is 11.6 Å². The molecule has 0 aliphatic heterocycles. The molecular formula is C18H16ClFN4O. The Kier molecular flexibility index (Phi) is 4.81. The number of aryl methyl sites for hydroxylation is 1. The maximum Gasteiger partial charge on any atom is 0.291 e. The number of amides is 1. The minimum Gasteiger partial charge on any atom is -0.343 e. The normalized spacial score (nSPS) is 12.0. The van der Waals surface area contributed by atoms with Crippen LogP contribution < -0.4 is 5.32 Å². The molecule has 0 radical (unpaired) electrons. The number of carbonyl (C=O) groups excluding carboxylic acids is 1. The van der Waals surface area contributed by atoms with Crippen molar-refractivity contribution in [1.29, 1.82) is 0 Å². The van der Waals surface area contributed by atoms with E-state index in [2.05, 4.69) is 15.4 Å². The van der Waals surface area contributed by atoms with E-state index in [1.807, 2.05) is 6.92 Å². The van der Waals surface area contributed by atoms with Crippen LogP contribution in [-0.2, 0) is 0 Å². The van der Waals surface area contributed by atoms with Gasteiger partial charge in [-0.05, 0) is 55.8 Å². The molecule has 1 heterocycles. The predicted molar refractivity (Wildman–Crippen MR) is 93.4 cm³/mol. The summed E-state index contributed by atoms with van der Waals surface area (Å²) in [7, 11) is 0. The Morgan fingerprint density at radius 1 is 1.16 bits per heavy atom. The average Bonchev–Trinajstić information content (AvgIpc) is 2.98. The van der Waals surface area contributed by atoms with Gasteiger partial charge in [0.25, 0.3) is 5.91 Å². The number of carbonyl (C=O) groups is 1. The van der Waals surface area contributed by atoms with Gasteiger partial charge in [-0.25, -0.2) is 14.1 Å². The highest BCUT2D eigenvalue weighted by molar-refractivity contribution is 6.30. The molecule has 7 heteroatoms. The molecule has 0 aliphatic rings. The summed E-state index contributed by atoms with van der Waals surface area (Å²) in [6.45, 7) is 3.58. The van der Waals surface area contributed by atoms with Crippen LogP contribution in [0.1, 0.15) is 35.0 Å². The lowest BCUT2D eigenvalue weighted by Crippen LogP contribution is -2.27. The van der Waals surface area contributed by atoms with Crippen molar-refractivity contribution in [1.82, 2.24) is 20.1 Å². The second-order valence-corrected chi connectivity index (χ2v) is 6.05. The first-order chi connectivity index (χ1) is 11.9. The minimum absolute atomic E-state index is 0.0708. The van der Waals surface area contributed by atoms with Crippen LogP contribution in [0.15, 0.2) is 48.5 Å². The van der Waals surface area contributed by atoms with Crippen molar-refractivity contribution in [2.24, 2.45) is 0 Å². The fourth-order valence-electron chi connectivity index (χ4n) is 2.41. The van der Waals surface area contributed by atoms with Crippen LogP contribution >= 0.6 is 11.6 Å². The van der Waals surface area contributed by atoms with Crippen LogP contribution in [-0.4, -0.2) is 20.7 Å². The maximum absolute atomic E-state index is 13.0. The maximum atomic E-state index is 13.0. The van der Waals surface area contributed by atoms with Crippen LogP contribution in [0.5, 0.6) is 0 Å². The number of halogens is 2. The minimum atomic E-state index is -0.396. The molecule has 1 amide bonds. The average molecular weight is 359 g/mol. The standard InChI is InChI=1S/C18H16ClFN4O/c1-11(13-3-7-15(20)8-4-13)21-18(25)17-22-12(2)24(23-17)16-9-5-14(19)6-10-16/h3-11H,1-2H3,(H,21,25). The van der Waals surface area contributed by atoms with Crippen molar-refractivity contribution in [2.75, 3.05) is 0 Å². The molecule has 128 valence electrons. The van der Waals surface area contributed by atoms with E-state index < -0.39 is 5.91 Å². The zero-order valence-electron chi connectivity index (χ0n) is 13.7. The summed E-state index contributed by atoms with van der Waals surface area (Å²) >= 11 is 5.89. The van der Waals surface area contributed by atoms with Crippen molar-refractivity contribution >= 4 is 17.5 Å². The number of nitrogens with zero attached hydrogens (tertiary/aromatic N) is 3. The van der Waals surface area contributed by atoms with Crippen molar-refractivity contribution < 1.29 is 9.18 Å². The van der Waals surface area contributed by atoms with Crippen molar-refractivity contribution in [3.63, 3.8) is 0 Å². The molecule has 0 saturated heterocycles. The second kappa shape index (κ2) is 7.03. The molecular weight excluding hydrogens is 343 g/mol. The van der Waals surface area contributed by atoms with Gasteiger partial charge in [0.15, 0.2) is 0 Å². The van der Waals surface area contributed by atoms with E-state index in [1.165, 1.54) is 12.1 Å². The Morgan fingerprint density at radius 3 is 2.44 bits per heavy atom. The fourth-order valence-corrected chi connectivity index (χ4v) is 2.54. The molecule has 0 spiro atoms. The highest BCUT2D eigenvalue weighted by Crippen LogP contribution is 2.16. The predicted octanol–water partition coefficient (Wildman–Crippen LogP) is 3.86. The Balaban J connectivity index is 1.77. The third-order valence-corrected chi connectivity index (χ3v) is 4.01. The molecule has 0 fully saturated rings. The molecule has 2 aromatic carbocycles. The number of nitrogens with one attached hydrogen (secondary N) is 1. The van der Waals surface area contributed by atoms with E-state index in [1.54, 1.807) is 48.0 Å². The third kappa shape index (κ3) is 3.85. The first kappa shape index (κ1) is 17.1. The number of rotatable bonds is 4. The molecule has 0 aliphatic carbocycles. The quantitative estimate of drug-likeness (QED) is 0.770. The largest absolute Gasteiger partial charge is 0.343 e. The monoisotopic (exact) mass is 358 g/mol. The molecule has 0 saturated carbocycles. The van der Waals surface area contributed by atoms with E-state index in [0.717, 1.165) is 11.3 Å². The van der Waals surface area contributed by atoms with Crippen LogP contribution in [0.3, 0.4) is 0 Å². The van der Waals surface area contributed by atoms with Crippen LogP contribution in [0, 0.1) is 12.7 Å². The van der Waals surface area contributed by atoms with E-state index in [-0.39, 0.29) is 17.7 Å². The summed E-state index contributed by atoms with van der Waals surface area (Å²) in [6, 6.07) is 12.8. The molecule has 25 heavy (non-hydrogen) atoms. The molecule has 5 nitrogen and oxygen atoms in total. The summed E-state index contributed by atoms with van der Waals surface area (Å²) in [4.78, 5) is 16.6. The summed E-state index contributed by atoms with van der Waals surface area (Å²) < 4.78 is 14.6. The first-order valence-corrected chi connectivity index (χ1v) is 8.08. The Labute approximate surface area is 149 Å². The number of aromatic nitrogens is 3. The van der Waals surface area contributed by atoms with Gasteiger partial charge in [0.2, 0.25) is 5.82 Å². The third-order valence-electron chi connectivity index (χ3n) is 3.76. The summed E-state index contributed by atoms with van der Waals surface area (Å²) in [6.07, 6.45) is 0. The zero-order valence-corrected chi connectivity index (χ0v) is 14.5. The molecule has 3 aromatic rings. The second-order valence-electron chi connectivity index (χ2n) is 5.62. The van der Waals surface area contributed by atoms with Crippen molar-refractivity contribution in [2.45, 2.75) is 19.9 Å². The molecule has 0 bridgehead atoms. The van der Waals surface area contributed by atoms with Gasteiger partial charge in [-0.1, -0.05) is 23.7 Å². The lowest BCUT2D eigenvalue weighted by molar-refractivity contribution is 0.0929. The lowest BCUT2D eigenvalue weighted by atomic mass is 10.1. The number of benzene rings is 2. The number of hydrogen-bond donors (Lipinski definition) is 1. The first-order valence-electron chi connectivity index (χ1n) is 7.70. The Hall–Kier alpha value is -2.73.